The summed E-state index contributed by atoms with van der Waals surface area (Å²) in [5, 5.41) is 8.87. The van der Waals surface area contributed by atoms with Gasteiger partial charge in [-0.1, -0.05) is 24.3 Å². The van der Waals surface area contributed by atoms with E-state index in [1.807, 2.05) is 31.2 Å². The van der Waals surface area contributed by atoms with Crippen LogP contribution in [0.3, 0.4) is 0 Å². The first kappa shape index (κ1) is 9.45. The molecular weight excluding hydrogens is 194 g/mol. The maximum Gasteiger partial charge on any atom is 0.374 e. The van der Waals surface area contributed by atoms with Crippen LogP contribution in [0, 0.1) is 6.92 Å². The molecule has 0 spiro atoms. The summed E-state index contributed by atoms with van der Waals surface area (Å²) in [7, 11) is 0. The zero-order valence-electron chi connectivity index (χ0n) is 8.10. The highest BCUT2D eigenvalue weighted by molar-refractivity contribution is 5.92. The SMILES string of the molecule is Cc1ccccc1-c1ncoc1C(=O)O. The number of carbonyl (C=O) groups is 1. The van der Waals surface area contributed by atoms with Crippen LogP contribution >= 0.6 is 0 Å². The standard InChI is InChI=1S/C11H9NO3/c1-7-4-2-3-5-8(7)9-10(11(13)14)15-6-12-9/h2-6H,1H3,(H,13,14). The van der Waals surface area contributed by atoms with Crippen molar-refractivity contribution in [3.8, 4) is 11.3 Å². The first-order chi connectivity index (χ1) is 7.20. The summed E-state index contributed by atoms with van der Waals surface area (Å²) in [6, 6.07) is 7.44. The van der Waals surface area contributed by atoms with E-state index < -0.39 is 5.97 Å². The summed E-state index contributed by atoms with van der Waals surface area (Å²) < 4.78 is 4.82. The number of rotatable bonds is 2. The molecule has 0 amide bonds. The second-order valence-corrected chi connectivity index (χ2v) is 3.15. The first-order valence-corrected chi connectivity index (χ1v) is 4.43. The Kier molecular flexibility index (Phi) is 2.25. The maximum atomic E-state index is 10.8. The van der Waals surface area contributed by atoms with Crippen LogP contribution in [0.1, 0.15) is 16.1 Å². The lowest BCUT2D eigenvalue weighted by Gasteiger charge is -2.01. The molecule has 2 rings (SSSR count). The molecule has 76 valence electrons. The smallest absolute Gasteiger partial charge is 0.374 e. The van der Waals surface area contributed by atoms with Crippen molar-refractivity contribution in [3.63, 3.8) is 0 Å². The average Bonchev–Trinajstić information content (AvgIpc) is 2.67. The van der Waals surface area contributed by atoms with E-state index in [0.717, 1.165) is 17.5 Å². The normalized spacial score (nSPS) is 10.2. The molecule has 1 aromatic heterocycles. The van der Waals surface area contributed by atoms with Crippen molar-refractivity contribution >= 4 is 5.97 Å². The molecule has 1 heterocycles. The number of carboxylic acid groups (broad SMARTS) is 1. The van der Waals surface area contributed by atoms with Gasteiger partial charge in [0, 0.05) is 5.56 Å². The molecule has 0 radical (unpaired) electrons. The lowest BCUT2D eigenvalue weighted by atomic mass is 10.1. The summed E-state index contributed by atoms with van der Waals surface area (Å²) in [6.07, 6.45) is 1.14. The van der Waals surface area contributed by atoms with Crippen LogP contribution in [0.5, 0.6) is 0 Å². The van der Waals surface area contributed by atoms with Crippen molar-refractivity contribution < 1.29 is 14.3 Å². The average molecular weight is 203 g/mol. The topological polar surface area (TPSA) is 63.3 Å². The minimum atomic E-state index is -1.11. The predicted molar refractivity (Wildman–Crippen MR) is 53.6 cm³/mol. The molecular formula is C11H9NO3. The van der Waals surface area contributed by atoms with Gasteiger partial charge in [0.05, 0.1) is 0 Å². The van der Waals surface area contributed by atoms with Crippen LogP contribution in [-0.2, 0) is 0 Å². The van der Waals surface area contributed by atoms with Gasteiger partial charge in [-0.2, -0.15) is 0 Å². The summed E-state index contributed by atoms with van der Waals surface area (Å²) in [5.74, 6) is -1.23. The van der Waals surface area contributed by atoms with E-state index in [9.17, 15) is 4.79 Å². The fourth-order valence-electron chi connectivity index (χ4n) is 1.43. The van der Waals surface area contributed by atoms with Crippen molar-refractivity contribution in [2.75, 3.05) is 0 Å². The summed E-state index contributed by atoms with van der Waals surface area (Å²) in [6.45, 7) is 1.90. The van der Waals surface area contributed by atoms with Gasteiger partial charge in [-0.05, 0) is 12.5 Å². The third-order valence-corrected chi connectivity index (χ3v) is 2.16. The van der Waals surface area contributed by atoms with E-state index in [1.54, 1.807) is 0 Å². The van der Waals surface area contributed by atoms with Gasteiger partial charge in [-0.15, -0.1) is 0 Å². The van der Waals surface area contributed by atoms with Crippen molar-refractivity contribution in [2.24, 2.45) is 0 Å². The van der Waals surface area contributed by atoms with E-state index in [1.165, 1.54) is 0 Å². The van der Waals surface area contributed by atoms with E-state index in [0.29, 0.717) is 5.69 Å². The molecule has 2 aromatic rings. The van der Waals surface area contributed by atoms with Crippen LogP contribution in [0.15, 0.2) is 35.1 Å². The number of aryl methyl sites for hydroxylation is 1. The summed E-state index contributed by atoms with van der Waals surface area (Å²) in [4.78, 5) is 14.8. The maximum absolute atomic E-state index is 10.8. The highest BCUT2D eigenvalue weighted by Gasteiger charge is 2.17. The molecule has 0 aliphatic rings. The summed E-state index contributed by atoms with van der Waals surface area (Å²) >= 11 is 0. The van der Waals surface area contributed by atoms with Crippen molar-refractivity contribution in [2.45, 2.75) is 6.92 Å². The van der Waals surface area contributed by atoms with Crippen LogP contribution in [0.4, 0.5) is 0 Å². The largest absolute Gasteiger partial charge is 0.475 e. The molecule has 0 fully saturated rings. The van der Waals surface area contributed by atoms with Crippen molar-refractivity contribution in [1.82, 2.24) is 4.98 Å². The molecule has 0 aliphatic heterocycles. The highest BCUT2D eigenvalue weighted by atomic mass is 16.4. The Morgan fingerprint density at radius 2 is 2.13 bits per heavy atom. The van der Waals surface area contributed by atoms with Gasteiger partial charge in [0.1, 0.15) is 5.69 Å². The highest BCUT2D eigenvalue weighted by Crippen LogP contribution is 2.24. The van der Waals surface area contributed by atoms with Gasteiger partial charge >= 0.3 is 5.97 Å². The fraction of sp³-hybridized carbons (Fsp3) is 0.0909. The Labute approximate surface area is 86.2 Å². The molecule has 4 heteroatoms. The lowest BCUT2D eigenvalue weighted by Crippen LogP contribution is -1.97. The van der Waals surface area contributed by atoms with Crippen LogP contribution in [0.25, 0.3) is 11.3 Å². The molecule has 1 aromatic carbocycles. The van der Waals surface area contributed by atoms with E-state index in [4.69, 9.17) is 9.52 Å². The molecule has 1 N–H and O–H groups in total. The minimum absolute atomic E-state index is 0.121. The third kappa shape index (κ3) is 1.61. The zero-order chi connectivity index (χ0) is 10.8. The number of carboxylic acids is 1. The number of hydrogen-bond donors (Lipinski definition) is 1. The second-order valence-electron chi connectivity index (χ2n) is 3.15. The van der Waals surface area contributed by atoms with E-state index in [-0.39, 0.29) is 5.76 Å². The Hall–Kier alpha value is -2.10. The van der Waals surface area contributed by atoms with Crippen LogP contribution in [0.2, 0.25) is 0 Å². The fourth-order valence-corrected chi connectivity index (χ4v) is 1.43. The monoisotopic (exact) mass is 203 g/mol. The Morgan fingerprint density at radius 3 is 2.80 bits per heavy atom. The van der Waals surface area contributed by atoms with Gasteiger partial charge in [0.2, 0.25) is 5.76 Å². The number of oxazole rings is 1. The van der Waals surface area contributed by atoms with Crippen molar-refractivity contribution in [3.05, 3.63) is 42.0 Å². The summed E-state index contributed by atoms with van der Waals surface area (Å²) in [5.41, 5.74) is 2.12. The molecule has 15 heavy (non-hydrogen) atoms. The first-order valence-electron chi connectivity index (χ1n) is 4.43. The zero-order valence-corrected chi connectivity index (χ0v) is 8.10. The van der Waals surface area contributed by atoms with Crippen LogP contribution < -0.4 is 0 Å². The predicted octanol–water partition coefficient (Wildman–Crippen LogP) is 2.35. The van der Waals surface area contributed by atoms with Gasteiger partial charge in [0.25, 0.3) is 0 Å². The Bertz CT molecular complexity index is 502. The molecule has 0 bridgehead atoms. The number of nitrogens with zero attached hydrogens (tertiary/aromatic N) is 1. The second kappa shape index (κ2) is 3.57. The van der Waals surface area contributed by atoms with E-state index in [2.05, 4.69) is 4.98 Å². The van der Waals surface area contributed by atoms with E-state index >= 15 is 0 Å². The molecule has 0 aliphatic carbocycles. The van der Waals surface area contributed by atoms with Gasteiger partial charge in [-0.25, -0.2) is 9.78 Å². The lowest BCUT2D eigenvalue weighted by molar-refractivity contribution is 0.0663. The molecule has 0 saturated heterocycles. The van der Waals surface area contributed by atoms with Crippen LogP contribution in [-0.4, -0.2) is 16.1 Å². The number of benzene rings is 1. The molecule has 0 unspecified atom stereocenters. The third-order valence-electron chi connectivity index (χ3n) is 2.16. The number of aromatic nitrogens is 1. The number of hydrogen-bond acceptors (Lipinski definition) is 3. The molecule has 0 saturated carbocycles. The minimum Gasteiger partial charge on any atom is -0.475 e. The number of aromatic carboxylic acids is 1. The molecule has 0 atom stereocenters. The molecule has 4 nitrogen and oxygen atoms in total. The quantitative estimate of drug-likeness (QED) is 0.813. The van der Waals surface area contributed by atoms with Gasteiger partial charge in [0.15, 0.2) is 6.39 Å². The van der Waals surface area contributed by atoms with Gasteiger partial charge in [-0.3, -0.25) is 0 Å². The Balaban J connectivity index is 2.59. The Morgan fingerprint density at radius 1 is 1.40 bits per heavy atom. The van der Waals surface area contributed by atoms with Crippen molar-refractivity contribution in [1.29, 1.82) is 0 Å². The van der Waals surface area contributed by atoms with Gasteiger partial charge < -0.3 is 9.52 Å².